The molecule has 2 aromatic heterocycles. The summed E-state index contributed by atoms with van der Waals surface area (Å²) in [6.07, 6.45) is 2.22. The highest BCUT2D eigenvalue weighted by Gasteiger charge is 2.15. The molecule has 0 aliphatic heterocycles. The third-order valence-electron chi connectivity index (χ3n) is 4.36. The van der Waals surface area contributed by atoms with Crippen molar-refractivity contribution in [3.8, 4) is 11.8 Å². The fourth-order valence-corrected chi connectivity index (χ4v) is 2.95. The van der Waals surface area contributed by atoms with Crippen LogP contribution >= 0.6 is 0 Å². The number of amides is 1. The number of rotatable bonds is 4. The number of phenols is 1. The van der Waals surface area contributed by atoms with E-state index >= 15 is 0 Å². The largest absolute Gasteiger partial charge is 0.506 e. The maximum absolute atomic E-state index is 12.3. The van der Waals surface area contributed by atoms with Gasteiger partial charge in [-0.05, 0) is 50.5 Å². The molecule has 0 saturated carbocycles. The first-order valence-electron chi connectivity index (χ1n) is 8.24. The van der Waals surface area contributed by atoms with Gasteiger partial charge in [0.1, 0.15) is 17.4 Å². The van der Waals surface area contributed by atoms with Gasteiger partial charge in [0.25, 0.3) is 0 Å². The second-order valence-electron chi connectivity index (χ2n) is 6.24. The summed E-state index contributed by atoms with van der Waals surface area (Å²) >= 11 is 0. The molecule has 0 bridgehead atoms. The number of aromatic hydroxyl groups is 1. The quantitative estimate of drug-likeness (QED) is 0.705. The minimum absolute atomic E-state index is 0.0416. The van der Waals surface area contributed by atoms with Gasteiger partial charge in [-0.2, -0.15) is 10.4 Å². The van der Waals surface area contributed by atoms with Crippen molar-refractivity contribution in [1.82, 2.24) is 14.6 Å². The first-order valence-corrected chi connectivity index (χ1v) is 8.24. The van der Waals surface area contributed by atoms with Crippen molar-refractivity contribution in [2.45, 2.75) is 33.6 Å². The van der Waals surface area contributed by atoms with E-state index in [-0.39, 0.29) is 18.1 Å². The summed E-state index contributed by atoms with van der Waals surface area (Å²) in [7, 11) is 0. The van der Waals surface area contributed by atoms with Gasteiger partial charge < -0.3 is 10.4 Å². The predicted molar refractivity (Wildman–Crippen MR) is 97.0 cm³/mol. The van der Waals surface area contributed by atoms with Gasteiger partial charge >= 0.3 is 0 Å². The number of aryl methyl sites for hydroxylation is 3. The molecule has 0 spiro atoms. The number of nitrogens with one attached hydrogen (secondary N) is 1. The molecule has 0 unspecified atom stereocenters. The monoisotopic (exact) mass is 349 g/mol. The van der Waals surface area contributed by atoms with Crippen LogP contribution in [0.1, 0.15) is 34.5 Å². The van der Waals surface area contributed by atoms with E-state index in [0.29, 0.717) is 23.3 Å². The number of hydrogen-bond donors (Lipinski definition) is 2. The van der Waals surface area contributed by atoms with Crippen molar-refractivity contribution >= 4 is 17.2 Å². The van der Waals surface area contributed by atoms with E-state index in [9.17, 15) is 9.90 Å². The standard InChI is InChI=1S/C19H19N5O2/c1-11-4-6-17(25)16(8-11)23-18(26)7-5-15-12(2)22-19-14(9-20)10-21-24(19)13(15)3/h4,6,8,10,25H,5,7H2,1-3H3,(H,23,26). The lowest BCUT2D eigenvalue weighted by molar-refractivity contribution is -0.116. The number of fused-ring (bicyclic) bond motifs is 1. The first-order chi connectivity index (χ1) is 12.4. The fraction of sp³-hybridized carbons (Fsp3) is 0.263. The Kier molecular flexibility index (Phi) is 4.59. The maximum Gasteiger partial charge on any atom is 0.224 e. The number of benzene rings is 1. The Morgan fingerprint density at radius 1 is 1.35 bits per heavy atom. The number of phenolic OH excluding ortho intramolecular Hbond substituents is 1. The number of nitriles is 1. The molecule has 1 aromatic carbocycles. The summed E-state index contributed by atoms with van der Waals surface area (Å²) in [5.74, 6) is -0.150. The van der Waals surface area contributed by atoms with E-state index in [1.807, 2.05) is 20.8 Å². The summed E-state index contributed by atoms with van der Waals surface area (Å²) in [6, 6.07) is 7.14. The molecular weight excluding hydrogens is 330 g/mol. The Morgan fingerprint density at radius 2 is 2.12 bits per heavy atom. The Bertz CT molecular complexity index is 1050. The van der Waals surface area contributed by atoms with Crippen LogP contribution in [0.15, 0.2) is 24.4 Å². The minimum atomic E-state index is -0.192. The predicted octanol–water partition coefficient (Wildman–Crippen LogP) is 2.80. The van der Waals surface area contributed by atoms with Crippen LogP contribution in [0.3, 0.4) is 0 Å². The molecular formula is C19H19N5O2. The zero-order chi connectivity index (χ0) is 18.8. The second kappa shape index (κ2) is 6.84. The van der Waals surface area contributed by atoms with Crippen molar-refractivity contribution in [3.63, 3.8) is 0 Å². The number of carbonyl (C=O) groups excluding carboxylic acids is 1. The van der Waals surface area contributed by atoms with Gasteiger partial charge in [0.05, 0.1) is 11.9 Å². The van der Waals surface area contributed by atoms with Crippen LogP contribution < -0.4 is 5.32 Å². The van der Waals surface area contributed by atoms with Crippen molar-refractivity contribution in [1.29, 1.82) is 5.26 Å². The molecule has 7 heteroatoms. The summed E-state index contributed by atoms with van der Waals surface area (Å²) in [4.78, 5) is 16.7. The van der Waals surface area contributed by atoms with Gasteiger partial charge in [-0.25, -0.2) is 9.50 Å². The van der Waals surface area contributed by atoms with E-state index in [2.05, 4.69) is 21.5 Å². The maximum atomic E-state index is 12.3. The zero-order valence-corrected chi connectivity index (χ0v) is 14.9. The lowest BCUT2D eigenvalue weighted by Crippen LogP contribution is -2.14. The molecule has 3 aromatic rings. The van der Waals surface area contributed by atoms with E-state index in [1.54, 1.807) is 22.7 Å². The molecule has 7 nitrogen and oxygen atoms in total. The van der Waals surface area contributed by atoms with Crippen molar-refractivity contribution in [2.75, 3.05) is 5.32 Å². The van der Waals surface area contributed by atoms with Gasteiger partial charge in [-0.3, -0.25) is 4.79 Å². The molecule has 0 fully saturated rings. The van der Waals surface area contributed by atoms with Crippen LogP contribution in [0.25, 0.3) is 5.65 Å². The van der Waals surface area contributed by atoms with E-state index in [4.69, 9.17) is 5.26 Å². The Balaban J connectivity index is 1.78. The Hall–Kier alpha value is -3.40. The molecule has 132 valence electrons. The van der Waals surface area contributed by atoms with Crippen LogP contribution in [0.5, 0.6) is 5.75 Å². The van der Waals surface area contributed by atoms with E-state index < -0.39 is 0 Å². The second-order valence-corrected chi connectivity index (χ2v) is 6.24. The summed E-state index contributed by atoms with van der Waals surface area (Å²) in [6.45, 7) is 5.65. The van der Waals surface area contributed by atoms with Crippen molar-refractivity contribution in [3.05, 3.63) is 52.5 Å². The molecule has 0 aliphatic rings. The highest BCUT2D eigenvalue weighted by molar-refractivity contribution is 5.92. The normalized spacial score (nSPS) is 10.7. The van der Waals surface area contributed by atoms with Crippen LogP contribution in [0.4, 0.5) is 5.69 Å². The smallest absolute Gasteiger partial charge is 0.224 e. The Labute approximate surface area is 150 Å². The lowest BCUT2D eigenvalue weighted by atomic mass is 10.1. The number of carbonyl (C=O) groups is 1. The van der Waals surface area contributed by atoms with Gasteiger partial charge in [0.2, 0.25) is 5.91 Å². The lowest BCUT2D eigenvalue weighted by Gasteiger charge is -2.12. The summed E-state index contributed by atoms with van der Waals surface area (Å²) in [5, 5.41) is 25.9. The first kappa shape index (κ1) is 17.4. The SMILES string of the molecule is Cc1ccc(O)c(NC(=O)CCc2c(C)nc3c(C#N)cnn3c2C)c1. The molecule has 0 atom stereocenters. The molecule has 1 amide bonds. The molecule has 3 rings (SSSR count). The molecule has 0 aliphatic carbocycles. The summed E-state index contributed by atoms with van der Waals surface area (Å²) < 4.78 is 1.63. The van der Waals surface area contributed by atoms with E-state index in [1.165, 1.54) is 6.20 Å². The number of nitrogens with zero attached hydrogens (tertiary/aromatic N) is 4. The molecule has 2 heterocycles. The van der Waals surface area contributed by atoms with Crippen LogP contribution in [0, 0.1) is 32.1 Å². The van der Waals surface area contributed by atoms with Gasteiger partial charge in [-0.15, -0.1) is 0 Å². The number of anilines is 1. The fourth-order valence-electron chi connectivity index (χ4n) is 2.95. The highest BCUT2D eigenvalue weighted by Crippen LogP contribution is 2.24. The minimum Gasteiger partial charge on any atom is -0.506 e. The third kappa shape index (κ3) is 3.22. The van der Waals surface area contributed by atoms with Crippen LogP contribution in [-0.2, 0) is 11.2 Å². The highest BCUT2D eigenvalue weighted by atomic mass is 16.3. The third-order valence-corrected chi connectivity index (χ3v) is 4.36. The average Bonchev–Trinajstić information content (AvgIpc) is 3.01. The van der Waals surface area contributed by atoms with Gasteiger partial charge in [-0.1, -0.05) is 6.07 Å². The molecule has 0 radical (unpaired) electrons. The molecule has 2 N–H and O–H groups in total. The molecule has 26 heavy (non-hydrogen) atoms. The average molecular weight is 349 g/mol. The summed E-state index contributed by atoms with van der Waals surface area (Å²) in [5.41, 5.74) is 4.87. The Morgan fingerprint density at radius 3 is 2.85 bits per heavy atom. The topological polar surface area (TPSA) is 103 Å². The van der Waals surface area contributed by atoms with Crippen molar-refractivity contribution in [2.24, 2.45) is 0 Å². The number of aromatic nitrogens is 3. The van der Waals surface area contributed by atoms with Crippen LogP contribution in [0.2, 0.25) is 0 Å². The van der Waals surface area contributed by atoms with E-state index in [0.717, 1.165) is 22.5 Å². The molecule has 0 saturated heterocycles. The van der Waals surface area contributed by atoms with Gasteiger partial charge in [0, 0.05) is 17.8 Å². The van der Waals surface area contributed by atoms with Crippen LogP contribution in [-0.4, -0.2) is 25.6 Å². The zero-order valence-electron chi connectivity index (χ0n) is 14.9. The number of hydrogen-bond acceptors (Lipinski definition) is 5. The van der Waals surface area contributed by atoms with Crippen molar-refractivity contribution < 1.29 is 9.90 Å². The van der Waals surface area contributed by atoms with Gasteiger partial charge in [0.15, 0.2) is 5.65 Å².